The molecule has 0 saturated carbocycles. The van der Waals surface area contributed by atoms with Crippen LogP contribution in [0.25, 0.3) is 0 Å². The number of carbonyl (C=O) groups is 1. The predicted molar refractivity (Wildman–Crippen MR) is 90.1 cm³/mol. The van der Waals surface area contributed by atoms with Crippen LogP contribution in [-0.2, 0) is 17.8 Å². The van der Waals surface area contributed by atoms with Crippen molar-refractivity contribution >= 4 is 5.91 Å². The number of hydrogen-bond acceptors (Lipinski definition) is 5. The normalized spacial score (nSPS) is 11.8. The van der Waals surface area contributed by atoms with Gasteiger partial charge in [-0.1, -0.05) is 13.0 Å². The molecule has 0 fully saturated rings. The molecule has 130 valence electrons. The number of nitrogens with zero attached hydrogens (tertiary/aromatic N) is 3. The van der Waals surface area contributed by atoms with Crippen molar-refractivity contribution in [1.82, 2.24) is 20.1 Å². The lowest BCUT2D eigenvalue weighted by atomic mass is 10.1. The van der Waals surface area contributed by atoms with Gasteiger partial charge in [0.15, 0.2) is 0 Å². The quantitative estimate of drug-likeness (QED) is 0.801. The van der Waals surface area contributed by atoms with Gasteiger partial charge in [0.25, 0.3) is 0 Å². The molecular weight excluding hydrogens is 308 g/mol. The van der Waals surface area contributed by atoms with Gasteiger partial charge >= 0.3 is 0 Å². The number of rotatable bonds is 8. The molecule has 0 aliphatic carbocycles. The maximum Gasteiger partial charge on any atom is 0.225 e. The predicted octanol–water partition coefficient (Wildman–Crippen LogP) is 2.13. The first kappa shape index (κ1) is 17.8. The lowest BCUT2D eigenvalue weighted by molar-refractivity contribution is -0.121. The van der Waals surface area contributed by atoms with E-state index in [1.807, 2.05) is 23.7 Å². The SMILES string of the molecule is CCCn1ncnc1C(C)NC(=O)Cc1ccc(OC)cc1OC. The van der Waals surface area contributed by atoms with E-state index in [1.54, 1.807) is 20.3 Å². The lowest BCUT2D eigenvalue weighted by Gasteiger charge is -2.15. The summed E-state index contributed by atoms with van der Waals surface area (Å²) in [6, 6.07) is 5.20. The number of aromatic nitrogens is 3. The summed E-state index contributed by atoms with van der Waals surface area (Å²) in [7, 11) is 3.17. The first-order chi connectivity index (χ1) is 11.6. The topological polar surface area (TPSA) is 78.3 Å². The Hall–Kier alpha value is -2.57. The largest absolute Gasteiger partial charge is 0.497 e. The average Bonchev–Trinajstić information content (AvgIpc) is 3.04. The van der Waals surface area contributed by atoms with Gasteiger partial charge < -0.3 is 14.8 Å². The molecule has 0 aliphatic rings. The van der Waals surface area contributed by atoms with Crippen molar-refractivity contribution in [2.45, 2.75) is 39.3 Å². The Balaban J connectivity index is 2.04. The van der Waals surface area contributed by atoms with Gasteiger partial charge in [-0.25, -0.2) is 9.67 Å². The van der Waals surface area contributed by atoms with Crippen molar-refractivity contribution in [3.8, 4) is 11.5 Å². The van der Waals surface area contributed by atoms with Crippen LogP contribution in [0.2, 0.25) is 0 Å². The van der Waals surface area contributed by atoms with E-state index in [-0.39, 0.29) is 18.4 Å². The van der Waals surface area contributed by atoms with Crippen LogP contribution in [0.1, 0.15) is 37.7 Å². The van der Waals surface area contributed by atoms with E-state index in [4.69, 9.17) is 9.47 Å². The van der Waals surface area contributed by atoms with E-state index in [2.05, 4.69) is 22.3 Å². The van der Waals surface area contributed by atoms with Crippen molar-refractivity contribution in [1.29, 1.82) is 0 Å². The standard InChI is InChI=1S/C17H24N4O3/c1-5-8-21-17(18-11-19-21)12(2)20-16(22)9-13-6-7-14(23-3)10-15(13)24-4/h6-7,10-12H,5,8-9H2,1-4H3,(H,20,22). The molecule has 1 aromatic carbocycles. The van der Waals surface area contributed by atoms with E-state index < -0.39 is 0 Å². The second kappa shape index (κ2) is 8.33. The fourth-order valence-electron chi connectivity index (χ4n) is 2.52. The lowest BCUT2D eigenvalue weighted by Crippen LogP contribution is -2.30. The van der Waals surface area contributed by atoms with E-state index >= 15 is 0 Å². The molecule has 0 radical (unpaired) electrons. The Morgan fingerprint density at radius 2 is 2.12 bits per heavy atom. The molecule has 24 heavy (non-hydrogen) atoms. The summed E-state index contributed by atoms with van der Waals surface area (Å²) >= 11 is 0. The molecule has 0 aliphatic heterocycles. The molecular formula is C17H24N4O3. The zero-order chi connectivity index (χ0) is 17.5. The molecule has 0 bridgehead atoms. The van der Waals surface area contributed by atoms with Crippen LogP contribution in [0, 0.1) is 0 Å². The third-order valence-corrected chi connectivity index (χ3v) is 3.69. The molecule has 1 atom stereocenters. The molecule has 0 saturated heterocycles. The summed E-state index contributed by atoms with van der Waals surface area (Å²) in [6.07, 6.45) is 2.69. The molecule has 7 heteroatoms. The second-order valence-corrected chi connectivity index (χ2v) is 5.49. The smallest absolute Gasteiger partial charge is 0.225 e. The first-order valence-corrected chi connectivity index (χ1v) is 7.97. The highest BCUT2D eigenvalue weighted by atomic mass is 16.5. The Morgan fingerprint density at radius 3 is 2.79 bits per heavy atom. The fraction of sp³-hybridized carbons (Fsp3) is 0.471. The fourth-order valence-corrected chi connectivity index (χ4v) is 2.52. The minimum Gasteiger partial charge on any atom is -0.497 e. The zero-order valence-electron chi connectivity index (χ0n) is 14.6. The number of ether oxygens (including phenoxy) is 2. The van der Waals surface area contributed by atoms with Crippen molar-refractivity contribution < 1.29 is 14.3 Å². The Bertz CT molecular complexity index is 684. The molecule has 1 amide bonds. The van der Waals surface area contributed by atoms with Gasteiger partial charge in [-0.3, -0.25) is 4.79 Å². The Labute approximate surface area is 142 Å². The number of amides is 1. The van der Waals surface area contributed by atoms with Gasteiger partial charge in [0, 0.05) is 18.2 Å². The van der Waals surface area contributed by atoms with Crippen LogP contribution in [0.15, 0.2) is 24.5 Å². The zero-order valence-corrected chi connectivity index (χ0v) is 14.6. The van der Waals surface area contributed by atoms with Crippen LogP contribution in [0.3, 0.4) is 0 Å². The van der Waals surface area contributed by atoms with Crippen molar-refractivity contribution in [3.05, 3.63) is 35.9 Å². The second-order valence-electron chi connectivity index (χ2n) is 5.49. The Kier molecular flexibility index (Phi) is 6.17. The minimum atomic E-state index is -0.212. The summed E-state index contributed by atoms with van der Waals surface area (Å²) < 4.78 is 12.3. The third-order valence-electron chi connectivity index (χ3n) is 3.69. The highest BCUT2D eigenvalue weighted by Gasteiger charge is 2.17. The van der Waals surface area contributed by atoms with E-state index in [9.17, 15) is 4.79 Å². The highest BCUT2D eigenvalue weighted by Crippen LogP contribution is 2.25. The molecule has 1 aromatic heterocycles. The highest BCUT2D eigenvalue weighted by molar-refractivity contribution is 5.79. The molecule has 7 nitrogen and oxygen atoms in total. The van der Waals surface area contributed by atoms with Crippen LogP contribution >= 0.6 is 0 Å². The maximum atomic E-state index is 12.4. The van der Waals surface area contributed by atoms with Gasteiger partial charge in [-0.05, 0) is 19.4 Å². The van der Waals surface area contributed by atoms with Gasteiger partial charge in [-0.2, -0.15) is 5.10 Å². The van der Waals surface area contributed by atoms with E-state index in [0.717, 1.165) is 24.4 Å². The number of carbonyl (C=O) groups excluding carboxylic acids is 1. The van der Waals surface area contributed by atoms with E-state index in [0.29, 0.717) is 11.5 Å². The monoisotopic (exact) mass is 332 g/mol. The van der Waals surface area contributed by atoms with Crippen molar-refractivity contribution in [2.24, 2.45) is 0 Å². The number of nitrogens with one attached hydrogen (secondary N) is 1. The number of aryl methyl sites for hydroxylation is 1. The van der Waals surface area contributed by atoms with Crippen LogP contribution in [0.4, 0.5) is 0 Å². The van der Waals surface area contributed by atoms with Gasteiger partial charge in [-0.15, -0.1) is 0 Å². The molecule has 1 unspecified atom stereocenters. The summed E-state index contributed by atoms with van der Waals surface area (Å²) in [5.74, 6) is 1.98. The van der Waals surface area contributed by atoms with E-state index in [1.165, 1.54) is 6.33 Å². The Morgan fingerprint density at radius 1 is 1.33 bits per heavy atom. The van der Waals surface area contributed by atoms with Gasteiger partial charge in [0.05, 0.1) is 26.7 Å². The summed E-state index contributed by atoms with van der Waals surface area (Å²) in [6.45, 7) is 4.76. The molecule has 1 heterocycles. The van der Waals surface area contributed by atoms with Crippen LogP contribution in [-0.4, -0.2) is 34.9 Å². The third kappa shape index (κ3) is 4.24. The number of benzene rings is 1. The summed E-state index contributed by atoms with van der Waals surface area (Å²) in [5, 5.41) is 7.15. The summed E-state index contributed by atoms with van der Waals surface area (Å²) in [4.78, 5) is 16.6. The maximum absolute atomic E-state index is 12.4. The molecule has 2 rings (SSSR count). The number of methoxy groups -OCH3 is 2. The van der Waals surface area contributed by atoms with Crippen molar-refractivity contribution in [2.75, 3.05) is 14.2 Å². The van der Waals surface area contributed by atoms with Crippen LogP contribution < -0.4 is 14.8 Å². The van der Waals surface area contributed by atoms with Gasteiger partial charge in [0.1, 0.15) is 23.7 Å². The molecule has 1 N–H and O–H groups in total. The number of hydrogen-bond donors (Lipinski definition) is 1. The molecule has 2 aromatic rings. The molecule has 0 spiro atoms. The first-order valence-electron chi connectivity index (χ1n) is 7.97. The minimum absolute atomic E-state index is 0.1000. The van der Waals surface area contributed by atoms with Gasteiger partial charge in [0.2, 0.25) is 5.91 Å². The average molecular weight is 332 g/mol. The summed E-state index contributed by atoms with van der Waals surface area (Å²) in [5.41, 5.74) is 0.804. The van der Waals surface area contributed by atoms with Crippen molar-refractivity contribution in [3.63, 3.8) is 0 Å². The van der Waals surface area contributed by atoms with Crippen LogP contribution in [0.5, 0.6) is 11.5 Å².